The van der Waals surface area contributed by atoms with E-state index in [9.17, 15) is 5.11 Å². The molecule has 0 spiro atoms. The summed E-state index contributed by atoms with van der Waals surface area (Å²) in [5, 5.41) is 12.3. The Morgan fingerprint density at radius 3 is 3.00 bits per heavy atom. The minimum absolute atomic E-state index is 0.501. The van der Waals surface area contributed by atoms with Gasteiger partial charge in [-0.15, -0.1) is 11.3 Å². The van der Waals surface area contributed by atoms with E-state index in [-0.39, 0.29) is 0 Å². The molecule has 1 unspecified atom stereocenters. The number of rotatable bonds is 2. The lowest BCUT2D eigenvalue weighted by molar-refractivity contribution is 0.0531. The number of halogens is 1. The van der Waals surface area contributed by atoms with Gasteiger partial charge in [-0.2, -0.15) is 0 Å². The van der Waals surface area contributed by atoms with E-state index in [0.717, 1.165) is 30.4 Å². The van der Waals surface area contributed by atoms with Gasteiger partial charge in [-0.1, -0.05) is 0 Å². The molecule has 1 aliphatic heterocycles. The zero-order chi connectivity index (χ0) is 10.2. The highest BCUT2D eigenvalue weighted by Gasteiger charge is 2.34. The molecule has 0 amide bonds. The van der Waals surface area contributed by atoms with Crippen molar-refractivity contribution in [2.24, 2.45) is 0 Å². The van der Waals surface area contributed by atoms with E-state index in [0.29, 0.717) is 0 Å². The van der Waals surface area contributed by atoms with Gasteiger partial charge in [0.1, 0.15) is 0 Å². The quantitative estimate of drug-likeness (QED) is 0.894. The summed E-state index contributed by atoms with van der Waals surface area (Å²) in [5.74, 6) is 0. The van der Waals surface area contributed by atoms with Gasteiger partial charge >= 0.3 is 0 Å². The zero-order valence-electron chi connectivity index (χ0n) is 8.16. The largest absolute Gasteiger partial charge is 0.388 e. The van der Waals surface area contributed by atoms with Crippen molar-refractivity contribution in [2.75, 3.05) is 20.1 Å². The first-order valence-electron chi connectivity index (χ1n) is 4.71. The summed E-state index contributed by atoms with van der Waals surface area (Å²) in [7, 11) is 2.06. The predicted octanol–water partition coefficient (Wildman–Crippen LogP) is 2.12. The number of hydrogen-bond acceptors (Lipinski definition) is 3. The van der Waals surface area contributed by atoms with Crippen molar-refractivity contribution < 1.29 is 5.11 Å². The fraction of sp³-hybridized carbons (Fsp3) is 0.600. The fourth-order valence-corrected chi connectivity index (χ4v) is 3.56. The molecule has 1 aromatic heterocycles. The van der Waals surface area contributed by atoms with Crippen LogP contribution in [-0.2, 0) is 6.42 Å². The minimum Gasteiger partial charge on any atom is -0.388 e. The van der Waals surface area contributed by atoms with E-state index in [1.165, 1.54) is 4.88 Å². The van der Waals surface area contributed by atoms with Crippen LogP contribution in [0.5, 0.6) is 0 Å². The first kappa shape index (κ1) is 10.6. The highest BCUT2D eigenvalue weighted by molar-refractivity contribution is 9.10. The van der Waals surface area contributed by atoms with Gasteiger partial charge in [0.05, 0.1) is 5.60 Å². The van der Waals surface area contributed by atoms with Crippen LogP contribution in [0.3, 0.4) is 0 Å². The summed E-state index contributed by atoms with van der Waals surface area (Å²) in [5.41, 5.74) is -0.501. The van der Waals surface area contributed by atoms with Crippen LogP contribution >= 0.6 is 27.3 Å². The number of thiophene rings is 1. The van der Waals surface area contributed by atoms with Crippen molar-refractivity contribution in [1.29, 1.82) is 0 Å². The maximum atomic E-state index is 10.3. The third-order valence-electron chi connectivity index (χ3n) is 2.65. The summed E-state index contributed by atoms with van der Waals surface area (Å²) in [6.45, 7) is 1.80. The molecule has 0 bridgehead atoms. The Labute approximate surface area is 96.7 Å². The molecule has 2 heterocycles. The molecule has 4 heteroatoms. The summed E-state index contributed by atoms with van der Waals surface area (Å²) in [6.07, 6.45) is 1.67. The van der Waals surface area contributed by atoms with Gasteiger partial charge in [0, 0.05) is 34.2 Å². The fourth-order valence-electron chi connectivity index (χ4n) is 1.97. The molecule has 78 valence electrons. The zero-order valence-corrected chi connectivity index (χ0v) is 10.6. The van der Waals surface area contributed by atoms with Crippen LogP contribution in [0.25, 0.3) is 0 Å². The summed E-state index contributed by atoms with van der Waals surface area (Å²) < 4.78 is 1.12. The molecular formula is C10H14BrNOS. The van der Waals surface area contributed by atoms with Crippen molar-refractivity contribution in [2.45, 2.75) is 18.4 Å². The molecule has 0 saturated carbocycles. The summed E-state index contributed by atoms with van der Waals surface area (Å²) in [4.78, 5) is 3.44. The van der Waals surface area contributed by atoms with Gasteiger partial charge in [-0.25, -0.2) is 0 Å². The standard InChI is InChI=1S/C10H14BrNOS/c1-12-3-2-10(13,7-12)5-9-4-8(11)6-14-9/h4,6,13H,2-3,5,7H2,1H3. The average Bonchev–Trinajstić information content (AvgIpc) is 2.60. The summed E-state index contributed by atoms with van der Waals surface area (Å²) >= 11 is 5.14. The molecule has 0 aromatic carbocycles. The smallest absolute Gasteiger partial charge is 0.0834 e. The van der Waals surface area contributed by atoms with Crippen LogP contribution in [0, 0.1) is 0 Å². The lowest BCUT2D eigenvalue weighted by atomic mass is 9.98. The lowest BCUT2D eigenvalue weighted by Gasteiger charge is -2.21. The third kappa shape index (κ3) is 2.37. The number of likely N-dealkylation sites (N-methyl/N-ethyl adjacent to an activating group) is 1. The van der Waals surface area contributed by atoms with Crippen molar-refractivity contribution in [3.05, 3.63) is 20.8 Å². The van der Waals surface area contributed by atoms with Crippen LogP contribution in [0.4, 0.5) is 0 Å². The molecule has 2 nitrogen and oxygen atoms in total. The van der Waals surface area contributed by atoms with Gasteiger partial charge < -0.3 is 10.0 Å². The molecular weight excluding hydrogens is 262 g/mol. The molecule has 1 aromatic rings. The van der Waals surface area contributed by atoms with Crippen LogP contribution < -0.4 is 0 Å². The molecule has 1 aliphatic rings. The molecule has 1 fully saturated rings. The molecule has 1 N–H and O–H groups in total. The molecule has 0 radical (unpaired) electrons. The topological polar surface area (TPSA) is 23.5 Å². The van der Waals surface area contributed by atoms with E-state index in [4.69, 9.17) is 0 Å². The SMILES string of the molecule is CN1CCC(O)(Cc2cc(Br)cs2)C1. The monoisotopic (exact) mass is 275 g/mol. The van der Waals surface area contributed by atoms with E-state index < -0.39 is 5.60 Å². The van der Waals surface area contributed by atoms with Crippen LogP contribution in [0.15, 0.2) is 15.9 Å². The predicted molar refractivity (Wildman–Crippen MR) is 62.8 cm³/mol. The number of β-amino-alcohol motifs (C(OH)–C–C–N with tert-alkyl or cyclic N) is 1. The van der Waals surface area contributed by atoms with Gasteiger partial charge in [0.2, 0.25) is 0 Å². The highest BCUT2D eigenvalue weighted by atomic mass is 79.9. The number of aliphatic hydroxyl groups is 1. The van der Waals surface area contributed by atoms with Gasteiger partial charge in [-0.05, 0) is 35.5 Å². The Morgan fingerprint density at radius 2 is 2.50 bits per heavy atom. The second kappa shape index (κ2) is 3.93. The molecule has 14 heavy (non-hydrogen) atoms. The maximum Gasteiger partial charge on any atom is 0.0834 e. The first-order chi connectivity index (χ1) is 6.57. The Balaban J connectivity index is 2.03. The van der Waals surface area contributed by atoms with E-state index in [2.05, 4.69) is 39.3 Å². The third-order valence-corrected chi connectivity index (χ3v) is 4.35. The summed E-state index contributed by atoms with van der Waals surface area (Å²) in [6, 6.07) is 2.10. The van der Waals surface area contributed by atoms with E-state index in [1.807, 2.05) is 0 Å². The van der Waals surface area contributed by atoms with Crippen LogP contribution in [-0.4, -0.2) is 35.7 Å². The van der Waals surface area contributed by atoms with Crippen molar-refractivity contribution >= 4 is 27.3 Å². The molecule has 1 saturated heterocycles. The molecule has 1 atom stereocenters. The second-order valence-electron chi connectivity index (χ2n) is 4.12. The Hall–Kier alpha value is 0.1000. The number of hydrogen-bond donors (Lipinski definition) is 1. The number of nitrogens with zero attached hydrogens (tertiary/aromatic N) is 1. The van der Waals surface area contributed by atoms with Crippen molar-refractivity contribution in [3.8, 4) is 0 Å². The molecule has 2 rings (SSSR count). The normalized spacial score (nSPS) is 28.5. The van der Waals surface area contributed by atoms with Crippen molar-refractivity contribution in [1.82, 2.24) is 4.90 Å². The minimum atomic E-state index is -0.501. The van der Waals surface area contributed by atoms with Gasteiger partial charge in [-0.3, -0.25) is 0 Å². The van der Waals surface area contributed by atoms with Crippen LogP contribution in [0.1, 0.15) is 11.3 Å². The Bertz CT molecular complexity index is 328. The van der Waals surface area contributed by atoms with E-state index >= 15 is 0 Å². The van der Waals surface area contributed by atoms with Crippen LogP contribution in [0.2, 0.25) is 0 Å². The lowest BCUT2D eigenvalue weighted by Crippen LogP contribution is -2.33. The Kier molecular flexibility index (Phi) is 2.98. The maximum absolute atomic E-state index is 10.3. The Morgan fingerprint density at radius 1 is 1.71 bits per heavy atom. The van der Waals surface area contributed by atoms with Gasteiger partial charge in [0.15, 0.2) is 0 Å². The average molecular weight is 276 g/mol. The van der Waals surface area contributed by atoms with Gasteiger partial charge in [0.25, 0.3) is 0 Å². The highest BCUT2D eigenvalue weighted by Crippen LogP contribution is 2.28. The first-order valence-corrected chi connectivity index (χ1v) is 6.38. The van der Waals surface area contributed by atoms with Crippen molar-refractivity contribution in [3.63, 3.8) is 0 Å². The second-order valence-corrected chi connectivity index (χ2v) is 6.03. The van der Waals surface area contributed by atoms with E-state index in [1.54, 1.807) is 11.3 Å². The molecule has 0 aliphatic carbocycles. The number of likely N-dealkylation sites (tertiary alicyclic amines) is 1.